The topological polar surface area (TPSA) is 70.6 Å². The van der Waals surface area contributed by atoms with Crippen molar-refractivity contribution >= 4 is 65.6 Å². The number of likely N-dealkylation sites (N-methyl/N-ethyl adjacent to an activating group) is 1. The van der Waals surface area contributed by atoms with Crippen LogP contribution in [0.15, 0.2) is 47.4 Å². The fourth-order valence-corrected chi connectivity index (χ4v) is 5.70. The molecule has 0 aliphatic rings. The first kappa shape index (κ1) is 23.9. The molecular weight excluding hydrogens is 477 g/mol. The van der Waals surface area contributed by atoms with Crippen molar-refractivity contribution in [3.05, 3.63) is 52.5 Å². The van der Waals surface area contributed by atoms with Crippen LogP contribution in [-0.4, -0.2) is 57.1 Å². The number of carbonyl (C=O) groups excluding carboxylic acids is 1. The van der Waals surface area contributed by atoms with E-state index in [1.807, 2.05) is 31.1 Å². The number of fused-ring (bicyclic) bond motifs is 1. The number of benzene rings is 2. The molecule has 0 fully saturated rings. The van der Waals surface area contributed by atoms with Gasteiger partial charge in [0.25, 0.3) is 0 Å². The summed E-state index contributed by atoms with van der Waals surface area (Å²) in [4.78, 5) is 21.4. The van der Waals surface area contributed by atoms with Gasteiger partial charge in [-0.2, -0.15) is 0 Å². The molecule has 6 nitrogen and oxygen atoms in total. The Hall–Kier alpha value is -1.71. The lowest BCUT2D eigenvalue weighted by Crippen LogP contribution is -2.36. The van der Waals surface area contributed by atoms with E-state index < -0.39 is 9.84 Å². The SMILES string of the molecule is CN(C)CCN(C(=O)CCCS(=O)(=O)c1ccc(Cl)cc1)c1nc2c(Cl)cccc2s1. The summed E-state index contributed by atoms with van der Waals surface area (Å²) in [6.07, 6.45) is 0.317. The molecule has 31 heavy (non-hydrogen) atoms. The van der Waals surface area contributed by atoms with E-state index in [0.29, 0.717) is 33.8 Å². The number of anilines is 1. The van der Waals surface area contributed by atoms with Crippen LogP contribution >= 0.6 is 34.5 Å². The summed E-state index contributed by atoms with van der Waals surface area (Å²) < 4.78 is 26.0. The molecule has 1 amide bonds. The highest BCUT2D eigenvalue weighted by Gasteiger charge is 2.22. The van der Waals surface area contributed by atoms with Crippen molar-refractivity contribution in [1.82, 2.24) is 9.88 Å². The molecule has 1 aromatic heterocycles. The summed E-state index contributed by atoms with van der Waals surface area (Å²) in [6.45, 7) is 1.10. The fourth-order valence-electron chi connectivity index (χ4n) is 2.95. The highest BCUT2D eigenvalue weighted by atomic mass is 35.5. The number of aromatic nitrogens is 1. The lowest BCUT2D eigenvalue weighted by atomic mass is 10.3. The zero-order valence-electron chi connectivity index (χ0n) is 17.2. The highest BCUT2D eigenvalue weighted by Crippen LogP contribution is 2.33. The maximum absolute atomic E-state index is 13.0. The van der Waals surface area contributed by atoms with E-state index in [2.05, 4.69) is 4.98 Å². The van der Waals surface area contributed by atoms with Gasteiger partial charge in [0.1, 0.15) is 5.52 Å². The molecule has 0 bridgehead atoms. The van der Waals surface area contributed by atoms with E-state index in [4.69, 9.17) is 23.2 Å². The van der Waals surface area contributed by atoms with Crippen LogP contribution in [0.25, 0.3) is 10.2 Å². The number of para-hydroxylation sites is 1. The maximum Gasteiger partial charge on any atom is 0.228 e. The standard InChI is InChI=1S/C21H23Cl2N3O3S2/c1-25(2)12-13-26(21-24-20-17(23)5-3-6-18(20)30-21)19(27)7-4-14-31(28,29)16-10-8-15(22)9-11-16/h3,5-6,8-11H,4,7,12-14H2,1-2H3. The summed E-state index contributed by atoms with van der Waals surface area (Å²) in [5, 5.41) is 1.58. The number of halogens is 2. The Labute approximate surface area is 196 Å². The number of sulfone groups is 1. The van der Waals surface area contributed by atoms with Gasteiger partial charge in [-0.15, -0.1) is 0 Å². The van der Waals surface area contributed by atoms with Crippen LogP contribution < -0.4 is 4.90 Å². The molecule has 0 saturated heterocycles. The van der Waals surface area contributed by atoms with Gasteiger partial charge in [-0.3, -0.25) is 9.69 Å². The predicted molar refractivity (Wildman–Crippen MR) is 128 cm³/mol. The Kier molecular flexibility index (Phi) is 7.93. The predicted octanol–water partition coefficient (Wildman–Crippen LogP) is 4.75. The van der Waals surface area contributed by atoms with Gasteiger partial charge in [0, 0.05) is 24.5 Å². The molecule has 0 N–H and O–H groups in total. The third-order valence-electron chi connectivity index (χ3n) is 4.64. The molecule has 3 aromatic rings. The summed E-state index contributed by atoms with van der Waals surface area (Å²) in [5.74, 6) is -0.281. The molecule has 0 aliphatic carbocycles. The first-order valence-electron chi connectivity index (χ1n) is 9.66. The van der Waals surface area contributed by atoms with Gasteiger partial charge < -0.3 is 4.90 Å². The Morgan fingerprint density at radius 3 is 2.42 bits per heavy atom. The number of rotatable bonds is 9. The molecule has 0 saturated carbocycles. The van der Waals surface area contributed by atoms with Crippen molar-refractivity contribution in [3.63, 3.8) is 0 Å². The van der Waals surface area contributed by atoms with Crippen LogP contribution in [0.3, 0.4) is 0 Å². The summed E-state index contributed by atoms with van der Waals surface area (Å²) >= 11 is 13.5. The van der Waals surface area contributed by atoms with Crippen molar-refractivity contribution in [2.45, 2.75) is 17.7 Å². The number of amides is 1. The van der Waals surface area contributed by atoms with E-state index in [1.54, 1.807) is 23.1 Å². The minimum absolute atomic E-state index is 0.101. The molecule has 0 spiro atoms. The molecule has 0 aliphatic heterocycles. The van der Waals surface area contributed by atoms with Crippen LogP contribution in [-0.2, 0) is 14.6 Å². The average molecular weight is 500 g/mol. The van der Waals surface area contributed by atoms with Crippen molar-refractivity contribution in [2.75, 3.05) is 37.8 Å². The van der Waals surface area contributed by atoms with E-state index >= 15 is 0 Å². The van der Waals surface area contributed by atoms with Gasteiger partial charge >= 0.3 is 0 Å². The average Bonchev–Trinajstić information content (AvgIpc) is 3.13. The monoisotopic (exact) mass is 499 g/mol. The summed E-state index contributed by atoms with van der Waals surface area (Å²) in [7, 11) is 0.371. The largest absolute Gasteiger partial charge is 0.308 e. The van der Waals surface area contributed by atoms with E-state index in [1.165, 1.54) is 23.5 Å². The molecular formula is C21H23Cl2N3O3S2. The number of hydrogen-bond acceptors (Lipinski definition) is 6. The van der Waals surface area contributed by atoms with E-state index in [0.717, 1.165) is 4.70 Å². The van der Waals surface area contributed by atoms with Crippen LogP contribution in [0.5, 0.6) is 0 Å². The maximum atomic E-state index is 13.0. The summed E-state index contributed by atoms with van der Waals surface area (Å²) in [6, 6.07) is 11.6. The van der Waals surface area contributed by atoms with E-state index in [9.17, 15) is 13.2 Å². The third-order valence-corrected chi connectivity index (χ3v) is 8.05. The zero-order valence-corrected chi connectivity index (χ0v) is 20.4. The highest BCUT2D eigenvalue weighted by molar-refractivity contribution is 7.91. The minimum Gasteiger partial charge on any atom is -0.308 e. The summed E-state index contributed by atoms with van der Waals surface area (Å²) in [5.41, 5.74) is 0.664. The Bertz CT molecular complexity index is 1160. The molecule has 0 atom stereocenters. The number of carbonyl (C=O) groups is 1. The van der Waals surface area contributed by atoms with Gasteiger partial charge in [0.15, 0.2) is 15.0 Å². The molecule has 0 unspecified atom stereocenters. The second kappa shape index (κ2) is 10.3. The first-order chi connectivity index (χ1) is 14.7. The van der Waals surface area contributed by atoms with Crippen molar-refractivity contribution < 1.29 is 13.2 Å². The van der Waals surface area contributed by atoms with Gasteiger partial charge in [0.05, 0.1) is 20.4 Å². The van der Waals surface area contributed by atoms with Crippen LogP contribution in [0.1, 0.15) is 12.8 Å². The quantitative estimate of drug-likeness (QED) is 0.424. The number of thiazole rings is 1. The second-order valence-electron chi connectivity index (χ2n) is 7.31. The Balaban J connectivity index is 1.72. The van der Waals surface area contributed by atoms with Crippen molar-refractivity contribution in [2.24, 2.45) is 0 Å². The Morgan fingerprint density at radius 1 is 1.06 bits per heavy atom. The number of nitrogens with zero attached hydrogens (tertiary/aromatic N) is 3. The molecule has 3 rings (SSSR count). The van der Waals surface area contributed by atoms with Gasteiger partial charge in [-0.1, -0.05) is 40.6 Å². The van der Waals surface area contributed by atoms with Crippen molar-refractivity contribution in [3.8, 4) is 0 Å². The molecule has 10 heteroatoms. The number of hydrogen-bond donors (Lipinski definition) is 0. The molecule has 1 heterocycles. The molecule has 166 valence electrons. The van der Waals surface area contributed by atoms with Gasteiger partial charge in [0.2, 0.25) is 5.91 Å². The zero-order chi connectivity index (χ0) is 22.6. The molecule has 2 aromatic carbocycles. The van der Waals surface area contributed by atoms with Crippen LogP contribution in [0.4, 0.5) is 5.13 Å². The fraction of sp³-hybridized carbons (Fsp3) is 0.333. The Morgan fingerprint density at radius 2 is 1.77 bits per heavy atom. The second-order valence-corrected chi connectivity index (χ2v) is 11.3. The van der Waals surface area contributed by atoms with Crippen LogP contribution in [0, 0.1) is 0 Å². The normalized spacial score (nSPS) is 11.9. The van der Waals surface area contributed by atoms with Gasteiger partial charge in [-0.05, 0) is 56.9 Å². The first-order valence-corrected chi connectivity index (χ1v) is 12.9. The smallest absolute Gasteiger partial charge is 0.228 e. The van der Waals surface area contributed by atoms with E-state index in [-0.39, 0.29) is 29.4 Å². The molecule has 0 radical (unpaired) electrons. The lowest BCUT2D eigenvalue weighted by molar-refractivity contribution is -0.118. The lowest BCUT2D eigenvalue weighted by Gasteiger charge is -2.22. The van der Waals surface area contributed by atoms with Gasteiger partial charge in [-0.25, -0.2) is 13.4 Å². The third kappa shape index (κ3) is 6.17. The van der Waals surface area contributed by atoms with Crippen LogP contribution in [0.2, 0.25) is 10.0 Å². The minimum atomic E-state index is -3.48. The van der Waals surface area contributed by atoms with Crippen molar-refractivity contribution in [1.29, 1.82) is 0 Å².